The molecule has 6 heteroatoms. The Bertz CT molecular complexity index is 809. The Hall–Kier alpha value is -2.89. The highest BCUT2D eigenvalue weighted by molar-refractivity contribution is 5.74. The van der Waals surface area contributed by atoms with Gasteiger partial charge in [-0.3, -0.25) is 0 Å². The van der Waals surface area contributed by atoms with Crippen LogP contribution in [0.4, 0.5) is 10.5 Å². The second-order valence-corrected chi connectivity index (χ2v) is 6.97. The number of hydrogen-bond donors (Lipinski definition) is 2. The SMILES string of the molecule is COc1ccc(CN(C)C(=O)NCCN2c3ccccc3CC2C)cc1O. The zero-order valence-corrected chi connectivity index (χ0v) is 16.1. The summed E-state index contributed by atoms with van der Waals surface area (Å²) in [5.74, 6) is 0.497. The molecular formula is C21H27N3O3. The number of aromatic hydroxyl groups is 1. The Kier molecular flexibility index (Phi) is 5.74. The van der Waals surface area contributed by atoms with Crippen LogP contribution in [0.15, 0.2) is 42.5 Å². The second-order valence-electron chi connectivity index (χ2n) is 6.97. The van der Waals surface area contributed by atoms with Crippen LogP contribution in [0.5, 0.6) is 11.5 Å². The van der Waals surface area contributed by atoms with Gasteiger partial charge in [0.25, 0.3) is 0 Å². The zero-order chi connectivity index (χ0) is 19.4. The number of nitrogens with one attached hydrogen (secondary N) is 1. The number of para-hydroxylation sites is 1. The van der Waals surface area contributed by atoms with Crippen LogP contribution < -0.4 is 15.0 Å². The van der Waals surface area contributed by atoms with Crippen molar-refractivity contribution >= 4 is 11.7 Å². The van der Waals surface area contributed by atoms with Crippen molar-refractivity contribution in [3.05, 3.63) is 53.6 Å². The van der Waals surface area contributed by atoms with E-state index in [0.717, 1.165) is 18.5 Å². The summed E-state index contributed by atoms with van der Waals surface area (Å²) in [5, 5.41) is 12.8. The fraction of sp³-hybridized carbons (Fsp3) is 0.381. The first-order chi connectivity index (χ1) is 13.0. The molecular weight excluding hydrogens is 342 g/mol. The molecule has 0 aromatic heterocycles. The average Bonchev–Trinajstić information content (AvgIpc) is 2.97. The van der Waals surface area contributed by atoms with Gasteiger partial charge in [0, 0.05) is 38.4 Å². The van der Waals surface area contributed by atoms with Crippen LogP contribution in [0.2, 0.25) is 0 Å². The third-order valence-electron chi connectivity index (χ3n) is 4.99. The van der Waals surface area contributed by atoms with Crippen LogP contribution in [-0.2, 0) is 13.0 Å². The largest absolute Gasteiger partial charge is 0.504 e. The molecule has 0 saturated heterocycles. The van der Waals surface area contributed by atoms with Crippen LogP contribution in [0, 0.1) is 0 Å². The predicted octanol–water partition coefficient (Wildman–Crippen LogP) is 2.99. The van der Waals surface area contributed by atoms with E-state index in [9.17, 15) is 9.90 Å². The molecule has 1 heterocycles. The van der Waals surface area contributed by atoms with Crippen LogP contribution in [0.3, 0.4) is 0 Å². The molecule has 2 aromatic rings. The number of ether oxygens (including phenoxy) is 1. The van der Waals surface area contributed by atoms with E-state index in [4.69, 9.17) is 4.74 Å². The summed E-state index contributed by atoms with van der Waals surface area (Å²) in [5.41, 5.74) is 3.47. The Morgan fingerprint density at radius 3 is 2.85 bits per heavy atom. The molecule has 2 N–H and O–H groups in total. The fourth-order valence-corrected chi connectivity index (χ4v) is 3.57. The third kappa shape index (κ3) is 4.27. The summed E-state index contributed by atoms with van der Waals surface area (Å²) >= 11 is 0. The number of fused-ring (bicyclic) bond motifs is 1. The molecule has 0 aliphatic carbocycles. The molecule has 2 aromatic carbocycles. The molecule has 144 valence electrons. The summed E-state index contributed by atoms with van der Waals surface area (Å²) in [4.78, 5) is 16.3. The molecule has 1 unspecified atom stereocenters. The molecule has 1 aliphatic heterocycles. The van der Waals surface area contributed by atoms with Gasteiger partial charge in [0.05, 0.1) is 7.11 Å². The van der Waals surface area contributed by atoms with Gasteiger partial charge in [-0.05, 0) is 42.7 Å². The highest BCUT2D eigenvalue weighted by Crippen LogP contribution is 2.31. The molecule has 27 heavy (non-hydrogen) atoms. The number of amides is 2. The van der Waals surface area contributed by atoms with Crippen LogP contribution >= 0.6 is 0 Å². The minimum atomic E-state index is -0.134. The molecule has 2 amide bonds. The van der Waals surface area contributed by atoms with Crippen molar-refractivity contribution in [1.82, 2.24) is 10.2 Å². The second kappa shape index (κ2) is 8.20. The summed E-state index contributed by atoms with van der Waals surface area (Å²) in [6, 6.07) is 13.9. The highest BCUT2D eigenvalue weighted by atomic mass is 16.5. The van der Waals surface area contributed by atoms with Gasteiger partial charge < -0.3 is 25.0 Å². The normalized spacial score (nSPS) is 15.4. The van der Waals surface area contributed by atoms with Gasteiger partial charge in [0.15, 0.2) is 11.5 Å². The highest BCUT2D eigenvalue weighted by Gasteiger charge is 2.25. The first-order valence-electron chi connectivity index (χ1n) is 9.19. The van der Waals surface area contributed by atoms with E-state index in [1.165, 1.54) is 18.4 Å². The molecule has 0 saturated carbocycles. The number of benzene rings is 2. The van der Waals surface area contributed by atoms with Crippen LogP contribution in [0.1, 0.15) is 18.1 Å². The minimum absolute atomic E-state index is 0.0745. The molecule has 6 nitrogen and oxygen atoms in total. The number of carbonyl (C=O) groups excluding carboxylic acids is 1. The maximum atomic E-state index is 12.4. The number of carbonyl (C=O) groups is 1. The average molecular weight is 369 g/mol. The van der Waals surface area contributed by atoms with Crippen molar-refractivity contribution in [2.24, 2.45) is 0 Å². The number of hydrogen-bond acceptors (Lipinski definition) is 4. The topological polar surface area (TPSA) is 65.0 Å². The lowest BCUT2D eigenvalue weighted by molar-refractivity contribution is 0.207. The number of nitrogens with zero attached hydrogens (tertiary/aromatic N) is 2. The van der Waals surface area contributed by atoms with E-state index in [1.807, 2.05) is 6.07 Å². The summed E-state index contributed by atoms with van der Waals surface area (Å²) in [7, 11) is 3.25. The molecule has 1 atom stereocenters. The third-order valence-corrected chi connectivity index (χ3v) is 4.99. The van der Waals surface area contributed by atoms with Gasteiger partial charge in [-0.15, -0.1) is 0 Å². The maximum Gasteiger partial charge on any atom is 0.317 e. The molecule has 0 radical (unpaired) electrons. The van der Waals surface area contributed by atoms with Gasteiger partial charge in [-0.2, -0.15) is 0 Å². The number of phenols is 1. The Morgan fingerprint density at radius 1 is 1.33 bits per heavy atom. The van der Waals surface area contributed by atoms with E-state index in [1.54, 1.807) is 24.1 Å². The Labute approximate surface area is 160 Å². The quantitative estimate of drug-likeness (QED) is 0.822. The number of rotatable bonds is 6. The lowest BCUT2D eigenvalue weighted by atomic mass is 10.1. The van der Waals surface area contributed by atoms with Gasteiger partial charge in [0.1, 0.15) is 0 Å². The van der Waals surface area contributed by atoms with E-state index >= 15 is 0 Å². The van der Waals surface area contributed by atoms with E-state index < -0.39 is 0 Å². The number of methoxy groups -OCH3 is 1. The summed E-state index contributed by atoms with van der Waals surface area (Å²) in [6.07, 6.45) is 1.05. The lowest BCUT2D eigenvalue weighted by Crippen LogP contribution is -2.42. The van der Waals surface area contributed by atoms with Gasteiger partial charge in [-0.1, -0.05) is 24.3 Å². The summed E-state index contributed by atoms with van der Waals surface area (Å²) < 4.78 is 5.04. The Morgan fingerprint density at radius 2 is 2.11 bits per heavy atom. The van der Waals surface area contributed by atoms with E-state index in [-0.39, 0.29) is 11.8 Å². The standard InChI is InChI=1S/C21H27N3O3/c1-15-12-17-6-4-5-7-18(17)24(15)11-10-22-21(26)23(2)14-16-8-9-20(27-3)19(25)13-16/h4-9,13,15,25H,10-12,14H2,1-3H3,(H,22,26). The van der Waals surface area contributed by atoms with Crippen LogP contribution in [-0.4, -0.2) is 49.3 Å². The van der Waals surface area contributed by atoms with Crippen molar-refractivity contribution in [2.75, 3.05) is 32.1 Å². The molecule has 0 fully saturated rings. The van der Waals surface area contributed by atoms with Gasteiger partial charge in [0.2, 0.25) is 0 Å². The summed E-state index contributed by atoms with van der Waals surface area (Å²) in [6.45, 7) is 3.98. The van der Waals surface area contributed by atoms with Crippen molar-refractivity contribution < 1.29 is 14.6 Å². The Balaban J connectivity index is 1.50. The van der Waals surface area contributed by atoms with E-state index in [2.05, 4.69) is 41.4 Å². The number of anilines is 1. The molecule has 0 bridgehead atoms. The van der Waals surface area contributed by atoms with E-state index in [0.29, 0.717) is 24.9 Å². The van der Waals surface area contributed by atoms with Crippen molar-refractivity contribution in [1.29, 1.82) is 0 Å². The fourth-order valence-electron chi connectivity index (χ4n) is 3.57. The monoisotopic (exact) mass is 369 g/mol. The molecule has 1 aliphatic rings. The predicted molar refractivity (Wildman–Crippen MR) is 106 cm³/mol. The molecule has 3 rings (SSSR count). The van der Waals surface area contributed by atoms with Crippen molar-refractivity contribution in [3.63, 3.8) is 0 Å². The smallest absolute Gasteiger partial charge is 0.317 e. The van der Waals surface area contributed by atoms with Gasteiger partial charge >= 0.3 is 6.03 Å². The lowest BCUT2D eigenvalue weighted by Gasteiger charge is -2.26. The van der Waals surface area contributed by atoms with Crippen molar-refractivity contribution in [2.45, 2.75) is 25.9 Å². The minimum Gasteiger partial charge on any atom is -0.504 e. The first-order valence-corrected chi connectivity index (χ1v) is 9.19. The zero-order valence-electron chi connectivity index (χ0n) is 16.1. The van der Waals surface area contributed by atoms with Crippen molar-refractivity contribution in [3.8, 4) is 11.5 Å². The number of phenolic OH excluding ortho intramolecular Hbond substituents is 1. The van der Waals surface area contributed by atoms with Gasteiger partial charge in [-0.25, -0.2) is 4.79 Å². The molecule has 0 spiro atoms. The van der Waals surface area contributed by atoms with Crippen LogP contribution in [0.25, 0.3) is 0 Å². The first kappa shape index (κ1) is 18.9. The number of urea groups is 1. The maximum absolute atomic E-state index is 12.4.